The monoisotopic (exact) mass is 276 g/mol. The molecule has 0 spiro atoms. The van der Waals surface area contributed by atoms with Gasteiger partial charge in [0, 0.05) is 6.42 Å². The van der Waals surface area contributed by atoms with Crippen molar-refractivity contribution in [2.45, 2.75) is 26.2 Å². The Morgan fingerprint density at radius 3 is 1.75 bits per heavy atom. The molecule has 20 heavy (non-hydrogen) atoms. The highest BCUT2D eigenvalue weighted by atomic mass is 16.5. The minimum atomic E-state index is -0.214. The lowest BCUT2D eigenvalue weighted by atomic mass is 10.0. The first-order valence-electron chi connectivity index (χ1n) is 6.15. The molecular weight excluding hydrogens is 256 g/mol. The molecule has 1 unspecified atom stereocenters. The molecule has 0 bridgehead atoms. The van der Waals surface area contributed by atoms with Crippen LogP contribution in [0.25, 0.3) is 0 Å². The number of methoxy groups -OCH3 is 3. The second-order valence-corrected chi connectivity index (χ2v) is 3.82. The molecule has 0 amide bonds. The summed E-state index contributed by atoms with van der Waals surface area (Å²) in [4.78, 5) is 0. The highest BCUT2D eigenvalue weighted by molar-refractivity contribution is 5.54. The van der Waals surface area contributed by atoms with Gasteiger partial charge < -0.3 is 14.2 Å². The molecule has 108 valence electrons. The SMILES string of the molecule is CCC#N.COc1cc(C(C)C#N)cc(OC)c1OC. The van der Waals surface area contributed by atoms with Crippen molar-refractivity contribution in [1.29, 1.82) is 10.5 Å². The van der Waals surface area contributed by atoms with E-state index in [2.05, 4.69) is 6.07 Å². The van der Waals surface area contributed by atoms with Crippen LogP contribution in [0, 0.1) is 22.7 Å². The van der Waals surface area contributed by atoms with E-state index in [4.69, 9.17) is 24.7 Å². The van der Waals surface area contributed by atoms with Crippen molar-refractivity contribution in [3.8, 4) is 29.4 Å². The van der Waals surface area contributed by atoms with Crippen LogP contribution in [0.3, 0.4) is 0 Å². The third-order valence-electron chi connectivity index (χ3n) is 2.54. The molecular formula is C15H20N2O3. The fraction of sp³-hybridized carbons (Fsp3) is 0.467. The summed E-state index contributed by atoms with van der Waals surface area (Å²) >= 11 is 0. The van der Waals surface area contributed by atoms with Crippen LogP contribution in [0.1, 0.15) is 31.7 Å². The first-order chi connectivity index (χ1) is 9.59. The average Bonchev–Trinajstić information content (AvgIpc) is 2.52. The molecule has 0 aliphatic carbocycles. The molecule has 0 fully saturated rings. The Morgan fingerprint density at radius 1 is 1.05 bits per heavy atom. The van der Waals surface area contributed by atoms with Crippen LogP contribution in [0.5, 0.6) is 17.2 Å². The predicted molar refractivity (Wildman–Crippen MR) is 76.0 cm³/mol. The topological polar surface area (TPSA) is 75.3 Å². The summed E-state index contributed by atoms with van der Waals surface area (Å²) < 4.78 is 15.6. The number of nitriles is 2. The van der Waals surface area contributed by atoms with Gasteiger partial charge in [0.05, 0.1) is 39.4 Å². The van der Waals surface area contributed by atoms with E-state index in [1.165, 1.54) is 0 Å². The maximum Gasteiger partial charge on any atom is 0.203 e. The predicted octanol–water partition coefficient (Wildman–Crippen LogP) is 3.26. The normalized spacial score (nSPS) is 10.2. The van der Waals surface area contributed by atoms with Gasteiger partial charge in [0.25, 0.3) is 0 Å². The van der Waals surface area contributed by atoms with Gasteiger partial charge in [0.1, 0.15) is 0 Å². The van der Waals surface area contributed by atoms with Crippen LogP contribution >= 0.6 is 0 Å². The first kappa shape index (κ1) is 17.6. The highest BCUT2D eigenvalue weighted by Gasteiger charge is 2.15. The van der Waals surface area contributed by atoms with E-state index >= 15 is 0 Å². The van der Waals surface area contributed by atoms with E-state index in [9.17, 15) is 0 Å². The smallest absolute Gasteiger partial charge is 0.203 e. The number of hydrogen-bond acceptors (Lipinski definition) is 5. The van der Waals surface area contributed by atoms with Gasteiger partial charge in [-0.25, -0.2) is 0 Å². The molecule has 1 rings (SSSR count). The van der Waals surface area contributed by atoms with Crippen molar-refractivity contribution in [3.05, 3.63) is 17.7 Å². The Bertz CT molecular complexity index is 476. The van der Waals surface area contributed by atoms with Gasteiger partial charge in [-0.05, 0) is 24.6 Å². The summed E-state index contributed by atoms with van der Waals surface area (Å²) in [6, 6.07) is 7.67. The van der Waals surface area contributed by atoms with Crippen LogP contribution in [-0.4, -0.2) is 21.3 Å². The fourth-order valence-corrected chi connectivity index (χ4v) is 1.43. The van der Waals surface area contributed by atoms with E-state index in [0.717, 1.165) is 5.56 Å². The first-order valence-corrected chi connectivity index (χ1v) is 6.15. The molecule has 0 aliphatic rings. The zero-order valence-corrected chi connectivity index (χ0v) is 12.6. The third kappa shape index (κ3) is 4.70. The molecule has 0 aliphatic heterocycles. The lowest BCUT2D eigenvalue weighted by Gasteiger charge is -2.14. The van der Waals surface area contributed by atoms with E-state index < -0.39 is 0 Å². The second-order valence-electron chi connectivity index (χ2n) is 3.82. The Kier molecular flexibility index (Phi) is 8.38. The van der Waals surface area contributed by atoms with Crippen LogP contribution in [-0.2, 0) is 0 Å². The van der Waals surface area contributed by atoms with Crippen molar-refractivity contribution in [2.24, 2.45) is 0 Å². The lowest BCUT2D eigenvalue weighted by Crippen LogP contribution is -1.98. The largest absolute Gasteiger partial charge is 0.493 e. The number of hydrogen-bond donors (Lipinski definition) is 0. The molecule has 0 aromatic heterocycles. The molecule has 1 aromatic carbocycles. The van der Waals surface area contributed by atoms with Gasteiger partial charge in [-0.3, -0.25) is 0 Å². The standard InChI is InChI=1S/C12H15NO3.C3H5N/c1-8(7-13)9-5-10(14-2)12(16-4)11(6-9)15-3;1-2-3-4/h5-6,8H,1-4H3;2H2,1H3. The second kappa shape index (κ2) is 9.52. The summed E-state index contributed by atoms with van der Waals surface area (Å²) in [5.74, 6) is 1.46. The zero-order chi connectivity index (χ0) is 15.5. The molecule has 1 atom stereocenters. The highest BCUT2D eigenvalue weighted by Crippen LogP contribution is 2.39. The molecule has 0 N–H and O–H groups in total. The van der Waals surface area contributed by atoms with Crippen molar-refractivity contribution >= 4 is 0 Å². The number of nitrogens with zero attached hydrogens (tertiary/aromatic N) is 2. The van der Waals surface area contributed by atoms with Gasteiger partial charge in [-0.2, -0.15) is 10.5 Å². The Morgan fingerprint density at radius 2 is 1.50 bits per heavy atom. The number of rotatable bonds is 4. The lowest BCUT2D eigenvalue weighted by molar-refractivity contribution is 0.323. The van der Waals surface area contributed by atoms with Crippen LogP contribution in [0.4, 0.5) is 0 Å². The van der Waals surface area contributed by atoms with E-state index in [1.54, 1.807) is 33.5 Å². The van der Waals surface area contributed by atoms with E-state index in [1.807, 2.05) is 19.9 Å². The molecule has 0 saturated carbocycles. The summed E-state index contributed by atoms with van der Waals surface area (Å²) in [5.41, 5.74) is 0.844. The minimum absolute atomic E-state index is 0.214. The Labute approximate surface area is 120 Å². The fourth-order valence-electron chi connectivity index (χ4n) is 1.43. The van der Waals surface area contributed by atoms with E-state index in [0.29, 0.717) is 23.7 Å². The van der Waals surface area contributed by atoms with Crippen LogP contribution < -0.4 is 14.2 Å². The summed E-state index contributed by atoms with van der Waals surface area (Å²) in [5, 5.41) is 16.5. The molecule has 1 aromatic rings. The zero-order valence-electron chi connectivity index (χ0n) is 12.6. The van der Waals surface area contributed by atoms with Crippen molar-refractivity contribution in [2.75, 3.05) is 21.3 Å². The molecule has 0 heterocycles. The van der Waals surface area contributed by atoms with Gasteiger partial charge in [-0.15, -0.1) is 0 Å². The van der Waals surface area contributed by atoms with Crippen molar-refractivity contribution in [3.63, 3.8) is 0 Å². The van der Waals surface area contributed by atoms with Gasteiger partial charge >= 0.3 is 0 Å². The number of benzene rings is 1. The Hall–Kier alpha value is -2.40. The van der Waals surface area contributed by atoms with Crippen LogP contribution in [0.15, 0.2) is 12.1 Å². The molecule has 0 radical (unpaired) electrons. The van der Waals surface area contributed by atoms with Gasteiger partial charge in [0.15, 0.2) is 11.5 Å². The third-order valence-corrected chi connectivity index (χ3v) is 2.54. The van der Waals surface area contributed by atoms with Crippen LogP contribution in [0.2, 0.25) is 0 Å². The average molecular weight is 276 g/mol. The maximum absolute atomic E-state index is 8.88. The minimum Gasteiger partial charge on any atom is -0.493 e. The van der Waals surface area contributed by atoms with Crippen molar-refractivity contribution < 1.29 is 14.2 Å². The molecule has 5 nitrogen and oxygen atoms in total. The summed E-state index contributed by atoms with van der Waals surface area (Å²) in [6.07, 6.45) is 0.625. The maximum atomic E-state index is 8.88. The van der Waals surface area contributed by atoms with Gasteiger partial charge in [-0.1, -0.05) is 6.92 Å². The Balaban J connectivity index is 0.000000796. The number of ether oxygens (including phenoxy) is 3. The molecule has 5 heteroatoms. The van der Waals surface area contributed by atoms with E-state index in [-0.39, 0.29) is 5.92 Å². The van der Waals surface area contributed by atoms with Crippen molar-refractivity contribution in [1.82, 2.24) is 0 Å². The summed E-state index contributed by atoms with van der Waals surface area (Å²) in [6.45, 7) is 3.64. The van der Waals surface area contributed by atoms with Gasteiger partial charge in [0.2, 0.25) is 5.75 Å². The summed E-state index contributed by atoms with van der Waals surface area (Å²) in [7, 11) is 4.66. The molecule has 0 saturated heterocycles. The quantitative estimate of drug-likeness (QED) is 0.843.